The number of rotatable bonds is 9. The molecule has 0 spiro atoms. The predicted molar refractivity (Wildman–Crippen MR) is 154 cm³/mol. The van der Waals surface area contributed by atoms with E-state index in [0.29, 0.717) is 56.8 Å². The van der Waals surface area contributed by atoms with Crippen LogP contribution in [0.5, 0.6) is 11.5 Å². The third kappa shape index (κ3) is 6.87. The summed E-state index contributed by atoms with van der Waals surface area (Å²) >= 11 is 0. The number of carbonyl (C=O) groups is 2. The summed E-state index contributed by atoms with van der Waals surface area (Å²) in [5.74, 6) is 2.65. The molecule has 0 aliphatic carbocycles. The number of amides is 3. The van der Waals surface area contributed by atoms with Crippen LogP contribution in [0.15, 0.2) is 49.1 Å². The number of imidazole rings is 1. The van der Waals surface area contributed by atoms with E-state index in [9.17, 15) is 9.59 Å². The number of carbonyl (C=O) groups excluding carboxylic acids is 2. The van der Waals surface area contributed by atoms with Crippen molar-refractivity contribution in [2.24, 2.45) is 0 Å². The van der Waals surface area contributed by atoms with Gasteiger partial charge in [-0.15, -0.1) is 0 Å². The molecule has 2 aliphatic heterocycles. The van der Waals surface area contributed by atoms with Crippen molar-refractivity contribution >= 4 is 17.8 Å². The number of nitrogens with one attached hydrogen (secondary N) is 2. The highest BCUT2D eigenvalue weighted by Gasteiger charge is 2.33. The molecule has 2 aromatic heterocycles. The number of fused-ring (bicyclic) bond motifs is 1. The lowest BCUT2D eigenvalue weighted by atomic mass is 10.1. The van der Waals surface area contributed by atoms with E-state index in [2.05, 4.69) is 34.4 Å². The summed E-state index contributed by atoms with van der Waals surface area (Å²) in [6.07, 6.45) is 5.90. The van der Waals surface area contributed by atoms with Crippen molar-refractivity contribution in [3.63, 3.8) is 0 Å². The number of piperazine rings is 1. The van der Waals surface area contributed by atoms with Crippen LogP contribution in [-0.4, -0.2) is 87.8 Å². The number of anilines is 1. The summed E-state index contributed by atoms with van der Waals surface area (Å²) < 4.78 is 13.6. The van der Waals surface area contributed by atoms with E-state index < -0.39 is 0 Å². The van der Waals surface area contributed by atoms with Gasteiger partial charge in [0.1, 0.15) is 24.9 Å². The molecule has 1 saturated heterocycles. The molecule has 3 amide bonds. The number of hydrogen-bond acceptors (Lipinski definition) is 8. The summed E-state index contributed by atoms with van der Waals surface area (Å²) in [7, 11) is 0. The van der Waals surface area contributed by atoms with Crippen LogP contribution in [0.25, 0.3) is 5.95 Å². The number of urea groups is 1. The molecule has 4 heterocycles. The number of aromatic nitrogens is 4. The number of nitrogens with zero attached hydrogens (tertiary/aromatic N) is 6. The molecule has 41 heavy (non-hydrogen) atoms. The van der Waals surface area contributed by atoms with Crippen molar-refractivity contribution in [3.8, 4) is 17.4 Å². The Balaban J connectivity index is 1.32. The number of benzene rings is 1. The fourth-order valence-electron chi connectivity index (χ4n) is 4.91. The van der Waals surface area contributed by atoms with E-state index in [-0.39, 0.29) is 36.4 Å². The van der Waals surface area contributed by atoms with Gasteiger partial charge in [0.05, 0.1) is 18.3 Å². The number of para-hydroxylation sites is 2. The Bertz CT molecular complexity index is 1330. The molecule has 0 radical (unpaired) electrons. The van der Waals surface area contributed by atoms with E-state index in [1.54, 1.807) is 28.2 Å². The number of ether oxygens (including phenoxy) is 2. The lowest BCUT2D eigenvalue weighted by Crippen LogP contribution is -2.58. The van der Waals surface area contributed by atoms with E-state index >= 15 is 0 Å². The van der Waals surface area contributed by atoms with Crippen LogP contribution < -0.4 is 25.0 Å². The van der Waals surface area contributed by atoms with Crippen molar-refractivity contribution < 1.29 is 19.1 Å². The first-order valence-corrected chi connectivity index (χ1v) is 14.2. The first kappa shape index (κ1) is 28.2. The van der Waals surface area contributed by atoms with Crippen molar-refractivity contribution in [3.05, 3.63) is 54.7 Å². The molecule has 2 atom stereocenters. The minimum atomic E-state index is -0.291. The molecule has 1 fully saturated rings. The van der Waals surface area contributed by atoms with Gasteiger partial charge in [-0.1, -0.05) is 32.9 Å². The van der Waals surface area contributed by atoms with Crippen LogP contribution >= 0.6 is 0 Å². The van der Waals surface area contributed by atoms with Gasteiger partial charge in [0, 0.05) is 51.1 Å². The van der Waals surface area contributed by atoms with E-state index in [1.807, 2.05) is 37.3 Å². The average molecular weight is 563 g/mol. The maximum Gasteiger partial charge on any atom is 0.317 e. The smallest absolute Gasteiger partial charge is 0.317 e. The normalized spacial score (nSPS) is 18.3. The molecule has 12 heteroatoms. The third-order valence-electron chi connectivity index (χ3n) is 7.15. The predicted octanol–water partition coefficient (Wildman–Crippen LogP) is 2.74. The third-order valence-corrected chi connectivity index (χ3v) is 7.15. The Kier molecular flexibility index (Phi) is 8.85. The van der Waals surface area contributed by atoms with Gasteiger partial charge in [-0.25, -0.2) is 14.8 Å². The monoisotopic (exact) mass is 562 g/mol. The van der Waals surface area contributed by atoms with Gasteiger partial charge < -0.3 is 29.9 Å². The number of hydrogen-bond donors (Lipinski definition) is 2. The Hall–Kier alpha value is -4.35. The van der Waals surface area contributed by atoms with Crippen molar-refractivity contribution in [1.82, 2.24) is 35.1 Å². The summed E-state index contributed by atoms with van der Waals surface area (Å²) in [6.45, 7) is 8.90. The Morgan fingerprint density at radius 1 is 1.12 bits per heavy atom. The van der Waals surface area contributed by atoms with Crippen LogP contribution in [-0.2, 0) is 4.79 Å². The Labute approximate surface area is 240 Å². The molecule has 5 rings (SSSR count). The topological polar surface area (TPSA) is 127 Å². The van der Waals surface area contributed by atoms with Gasteiger partial charge in [-0.2, -0.15) is 4.98 Å². The fourth-order valence-corrected chi connectivity index (χ4v) is 4.91. The zero-order chi connectivity index (χ0) is 28.8. The SMILES string of the molecule is CCCNC(=O)N1CCN(c2cc(C(C)C)nc(-n3ccnc3)n2)C(CC(=O)NCC2COc3ccccc3O2)C1. The second-order valence-corrected chi connectivity index (χ2v) is 10.6. The van der Waals surface area contributed by atoms with Crippen molar-refractivity contribution in [1.29, 1.82) is 0 Å². The Morgan fingerprint density at radius 2 is 1.95 bits per heavy atom. The lowest BCUT2D eigenvalue weighted by molar-refractivity contribution is -0.122. The molecule has 3 aromatic rings. The van der Waals surface area contributed by atoms with Crippen LogP contribution in [0.2, 0.25) is 0 Å². The average Bonchev–Trinajstić information content (AvgIpc) is 3.54. The second kappa shape index (κ2) is 12.9. The summed E-state index contributed by atoms with van der Waals surface area (Å²) in [6, 6.07) is 9.07. The highest BCUT2D eigenvalue weighted by Crippen LogP contribution is 2.31. The van der Waals surface area contributed by atoms with Gasteiger partial charge in [0.25, 0.3) is 0 Å². The van der Waals surface area contributed by atoms with Gasteiger partial charge in [-0.05, 0) is 24.5 Å². The first-order chi connectivity index (χ1) is 19.9. The zero-order valence-corrected chi connectivity index (χ0v) is 23.8. The fraction of sp³-hybridized carbons (Fsp3) is 0.483. The first-order valence-electron chi connectivity index (χ1n) is 14.2. The molecule has 218 valence electrons. The zero-order valence-electron chi connectivity index (χ0n) is 23.8. The summed E-state index contributed by atoms with van der Waals surface area (Å²) in [5.41, 5.74) is 0.889. The molecular weight excluding hydrogens is 524 g/mol. The maximum atomic E-state index is 13.3. The van der Waals surface area contributed by atoms with Crippen LogP contribution in [0, 0.1) is 0 Å². The van der Waals surface area contributed by atoms with E-state index in [0.717, 1.165) is 17.9 Å². The summed E-state index contributed by atoms with van der Waals surface area (Å²) in [5, 5.41) is 5.97. The largest absolute Gasteiger partial charge is 0.486 e. The molecule has 1 aromatic carbocycles. The second-order valence-electron chi connectivity index (χ2n) is 10.6. The highest BCUT2D eigenvalue weighted by molar-refractivity contribution is 5.78. The van der Waals surface area contributed by atoms with Gasteiger partial charge in [0.2, 0.25) is 11.9 Å². The van der Waals surface area contributed by atoms with Crippen molar-refractivity contribution in [2.45, 2.75) is 51.7 Å². The molecule has 0 saturated carbocycles. The lowest BCUT2D eigenvalue weighted by Gasteiger charge is -2.42. The van der Waals surface area contributed by atoms with Gasteiger partial charge in [0.15, 0.2) is 11.5 Å². The van der Waals surface area contributed by atoms with E-state index in [4.69, 9.17) is 19.4 Å². The highest BCUT2D eigenvalue weighted by atomic mass is 16.6. The van der Waals surface area contributed by atoms with Gasteiger partial charge in [-0.3, -0.25) is 9.36 Å². The van der Waals surface area contributed by atoms with Gasteiger partial charge >= 0.3 is 6.03 Å². The summed E-state index contributed by atoms with van der Waals surface area (Å²) in [4.78, 5) is 43.7. The van der Waals surface area contributed by atoms with Crippen LogP contribution in [0.3, 0.4) is 0 Å². The molecule has 2 aliphatic rings. The quantitative estimate of drug-likeness (QED) is 0.408. The Morgan fingerprint density at radius 3 is 2.71 bits per heavy atom. The molecule has 2 N–H and O–H groups in total. The van der Waals surface area contributed by atoms with Crippen LogP contribution in [0.1, 0.15) is 45.2 Å². The van der Waals surface area contributed by atoms with E-state index in [1.165, 1.54) is 0 Å². The standard InChI is InChI=1S/C29H38N8O4/c1-4-9-31-29(39)35-12-13-37(26-15-23(20(2)3)33-28(34-26)36-11-10-30-19-36)21(17-35)14-27(38)32-16-22-18-40-24-7-5-6-8-25(24)41-22/h5-8,10-11,15,19-22H,4,9,12-14,16-18H2,1-3H3,(H,31,39)(H,32,38). The molecule has 12 nitrogen and oxygen atoms in total. The van der Waals surface area contributed by atoms with Crippen molar-refractivity contribution in [2.75, 3.05) is 44.2 Å². The minimum absolute atomic E-state index is 0.118. The van der Waals surface area contributed by atoms with Crippen LogP contribution in [0.4, 0.5) is 10.6 Å². The minimum Gasteiger partial charge on any atom is -0.486 e. The molecule has 2 unspecified atom stereocenters. The maximum absolute atomic E-state index is 13.3. The molecular formula is C29H38N8O4. The molecule has 0 bridgehead atoms.